The summed E-state index contributed by atoms with van der Waals surface area (Å²) in [7, 11) is -1.12. The van der Waals surface area contributed by atoms with Gasteiger partial charge in [0.25, 0.3) is 0 Å². The highest BCUT2D eigenvalue weighted by molar-refractivity contribution is 7.91. The molecule has 1 aliphatic heterocycles. The van der Waals surface area contributed by atoms with Crippen molar-refractivity contribution in [1.29, 1.82) is 0 Å². The second-order valence-electron chi connectivity index (χ2n) is 5.55. The van der Waals surface area contributed by atoms with Crippen LogP contribution in [0.2, 0.25) is 0 Å². The molecule has 21 heavy (non-hydrogen) atoms. The second kappa shape index (κ2) is 6.53. The standard InChI is InChI=1S/C14H21N3O3S/c1-11-7-12(3-5-15-11)8-16-14(18)9-17(2)13-4-6-21(19,20)10-13/h3,5,7,13H,4,6,8-10H2,1-2H3,(H,16,18). The normalized spacial score (nSPS) is 20.6. The zero-order valence-corrected chi connectivity index (χ0v) is 13.2. The minimum atomic E-state index is -2.92. The van der Waals surface area contributed by atoms with E-state index in [-0.39, 0.29) is 30.0 Å². The summed E-state index contributed by atoms with van der Waals surface area (Å²) in [5.41, 5.74) is 1.91. The van der Waals surface area contributed by atoms with E-state index in [2.05, 4.69) is 10.3 Å². The molecule has 6 nitrogen and oxygen atoms in total. The van der Waals surface area contributed by atoms with E-state index in [9.17, 15) is 13.2 Å². The van der Waals surface area contributed by atoms with Crippen molar-refractivity contribution in [3.63, 3.8) is 0 Å². The van der Waals surface area contributed by atoms with Crippen molar-refractivity contribution >= 4 is 15.7 Å². The van der Waals surface area contributed by atoms with Crippen molar-refractivity contribution in [1.82, 2.24) is 15.2 Å². The Morgan fingerprint density at radius 3 is 2.90 bits per heavy atom. The van der Waals surface area contributed by atoms with Gasteiger partial charge in [-0.15, -0.1) is 0 Å². The van der Waals surface area contributed by atoms with Crippen LogP contribution in [0.25, 0.3) is 0 Å². The molecule has 1 atom stereocenters. The number of amides is 1. The Labute approximate surface area is 125 Å². The molecule has 1 aromatic heterocycles. The number of hydrogen-bond acceptors (Lipinski definition) is 5. The van der Waals surface area contributed by atoms with Gasteiger partial charge < -0.3 is 5.32 Å². The van der Waals surface area contributed by atoms with Crippen molar-refractivity contribution < 1.29 is 13.2 Å². The fraction of sp³-hybridized carbons (Fsp3) is 0.571. The van der Waals surface area contributed by atoms with Gasteiger partial charge in [-0.1, -0.05) is 0 Å². The van der Waals surface area contributed by atoms with Gasteiger partial charge in [-0.2, -0.15) is 0 Å². The molecule has 0 aromatic carbocycles. The van der Waals surface area contributed by atoms with Crippen LogP contribution in [0.4, 0.5) is 0 Å². The third-order valence-corrected chi connectivity index (χ3v) is 5.43. The molecule has 1 unspecified atom stereocenters. The summed E-state index contributed by atoms with van der Waals surface area (Å²) in [6, 6.07) is 3.73. The lowest BCUT2D eigenvalue weighted by molar-refractivity contribution is -0.122. The van der Waals surface area contributed by atoms with Crippen LogP contribution < -0.4 is 5.32 Å². The lowest BCUT2D eigenvalue weighted by Crippen LogP contribution is -2.41. The van der Waals surface area contributed by atoms with Crippen LogP contribution in [0.3, 0.4) is 0 Å². The Kier molecular flexibility index (Phi) is 4.95. The number of pyridine rings is 1. The average molecular weight is 311 g/mol. The molecule has 1 aromatic rings. The summed E-state index contributed by atoms with van der Waals surface area (Å²) in [5.74, 6) is 0.275. The zero-order valence-electron chi connectivity index (χ0n) is 12.4. The van der Waals surface area contributed by atoms with Crippen molar-refractivity contribution in [2.75, 3.05) is 25.1 Å². The molecule has 0 spiro atoms. The highest BCUT2D eigenvalue weighted by atomic mass is 32.2. The summed E-state index contributed by atoms with van der Waals surface area (Å²) in [5, 5.41) is 2.84. The van der Waals surface area contributed by atoms with E-state index < -0.39 is 9.84 Å². The number of nitrogens with zero attached hydrogens (tertiary/aromatic N) is 2. The van der Waals surface area contributed by atoms with E-state index in [1.807, 2.05) is 24.0 Å². The SMILES string of the molecule is Cc1cc(CNC(=O)CN(C)C2CCS(=O)(=O)C2)ccn1. The Morgan fingerprint density at radius 2 is 2.29 bits per heavy atom. The van der Waals surface area contributed by atoms with Crippen molar-refractivity contribution in [3.8, 4) is 0 Å². The summed E-state index contributed by atoms with van der Waals surface area (Å²) in [6.45, 7) is 2.57. The van der Waals surface area contributed by atoms with E-state index >= 15 is 0 Å². The molecule has 1 saturated heterocycles. The van der Waals surface area contributed by atoms with Gasteiger partial charge in [-0.05, 0) is 38.1 Å². The molecule has 0 bridgehead atoms. The monoisotopic (exact) mass is 311 g/mol. The average Bonchev–Trinajstić information content (AvgIpc) is 2.77. The van der Waals surface area contributed by atoms with Crippen LogP contribution >= 0.6 is 0 Å². The molecule has 0 aliphatic carbocycles. The number of likely N-dealkylation sites (N-methyl/N-ethyl adjacent to an activating group) is 1. The van der Waals surface area contributed by atoms with Crippen molar-refractivity contribution in [2.45, 2.75) is 25.9 Å². The fourth-order valence-corrected chi connectivity index (χ4v) is 4.25. The lowest BCUT2D eigenvalue weighted by Gasteiger charge is -2.22. The van der Waals surface area contributed by atoms with Gasteiger partial charge in [0.2, 0.25) is 5.91 Å². The Hall–Kier alpha value is -1.47. The first-order chi connectivity index (χ1) is 9.85. The molecule has 1 fully saturated rings. The zero-order chi connectivity index (χ0) is 15.5. The number of carbonyl (C=O) groups excluding carboxylic acids is 1. The number of hydrogen-bond donors (Lipinski definition) is 1. The Morgan fingerprint density at radius 1 is 1.52 bits per heavy atom. The predicted molar refractivity (Wildman–Crippen MR) is 80.5 cm³/mol. The Bertz CT molecular complexity index is 616. The minimum absolute atomic E-state index is 0.0519. The van der Waals surface area contributed by atoms with Gasteiger partial charge in [0.1, 0.15) is 0 Å². The number of sulfone groups is 1. The van der Waals surface area contributed by atoms with Gasteiger partial charge in [-0.25, -0.2) is 8.42 Å². The van der Waals surface area contributed by atoms with E-state index in [0.717, 1.165) is 11.3 Å². The molecule has 1 N–H and O–H groups in total. The number of aryl methyl sites for hydroxylation is 1. The van der Waals surface area contributed by atoms with E-state index in [4.69, 9.17) is 0 Å². The van der Waals surface area contributed by atoms with Crippen molar-refractivity contribution in [2.24, 2.45) is 0 Å². The maximum Gasteiger partial charge on any atom is 0.234 e. The molecule has 7 heteroatoms. The topological polar surface area (TPSA) is 79.4 Å². The van der Waals surface area contributed by atoms with Gasteiger partial charge in [0.05, 0.1) is 18.1 Å². The maximum atomic E-state index is 11.9. The number of carbonyl (C=O) groups is 1. The van der Waals surface area contributed by atoms with E-state index in [1.165, 1.54) is 0 Å². The molecule has 2 heterocycles. The fourth-order valence-electron chi connectivity index (χ4n) is 2.45. The van der Waals surface area contributed by atoms with Gasteiger partial charge in [0, 0.05) is 24.5 Å². The summed E-state index contributed by atoms with van der Waals surface area (Å²) in [6.07, 6.45) is 2.32. The summed E-state index contributed by atoms with van der Waals surface area (Å²) >= 11 is 0. The lowest BCUT2D eigenvalue weighted by atomic mass is 10.2. The van der Waals surface area contributed by atoms with Crippen LogP contribution in [0.15, 0.2) is 18.3 Å². The molecule has 1 amide bonds. The number of rotatable bonds is 5. The molecule has 2 rings (SSSR count). The molecular weight excluding hydrogens is 290 g/mol. The Balaban J connectivity index is 1.79. The number of nitrogens with one attached hydrogen (secondary N) is 1. The van der Waals surface area contributed by atoms with Crippen LogP contribution in [0, 0.1) is 6.92 Å². The highest BCUT2D eigenvalue weighted by Crippen LogP contribution is 2.16. The number of aromatic nitrogens is 1. The molecular formula is C14H21N3O3S. The molecule has 0 radical (unpaired) electrons. The van der Waals surface area contributed by atoms with Crippen molar-refractivity contribution in [3.05, 3.63) is 29.6 Å². The minimum Gasteiger partial charge on any atom is -0.351 e. The third kappa shape index (κ3) is 4.78. The third-order valence-electron chi connectivity index (χ3n) is 3.68. The van der Waals surface area contributed by atoms with Crippen LogP contribution in [0.1, 0.15) is 17.7 Å². The maximum absolute atomic E-state index is 11.9. The predicted octanol–water partition coefficient (Wildman–Crippen LogP) is 0.125. The molecule has 116 valence electrons. The van der Waals surface area contributed by atoms with Crippen LogP contribution in [0.5, 0.6) is 0 Å². The highest BCUT2D eigenvalue weighted by Gasteiger charge is 2.31. The first-order valence-corrected chi connectivity index (χ1v) is 8.77. The molecule has 1 aliphatic rings. The molecule has 0 saturated carbocycles. The van der Waals surface area contributed by atoms with E-state index in [1.54, 1.807) is 13.2 Å². The second-order valence-corrected chi connectivity index (χ2v) is 7.78. The first-order valence-electron chi connectivity index (χ1n) is 6.94. The largest absolute Gasteiger partial charge is 0.351 e. The van der Waals surface area contributed by atoms with Gasteiger partial charge >= 0.3 is 0 Å². The first kappa shape index (κ1) is 15.9. The van der Waals surface area contributed by atoms with E-state index in [0.29, 0.717) is 13.0 Å². The van der Waals surface area contributed by atoms with Gasteiger partial charge in [-0.3, -0.25) is 14.7 Å². The smallest absolute Gasteiger partial charge is 0.234 e. The quantitative estimate of drug-likeness (QED) is 0.836. The summed E-state index contributed by atoms with van der Waals surface area (Å²) in [4.78, 5) is 17.8. The van der Waals surface area contributed by atoms with Crippen LogP contribution in [-0.2, 0) is 21.2 Å². The summed E-state index contributed by atoms with van der Waals surface area (Å²) < 4.78 is 22.9. The van der Waals surface area contributed by atoms with Crippen LogP contribution in [-0.4, -0.2) is 55.3 Å². The van der Waals surface area contributed by atoms with Gasteiger partial charge in [0.15, 0.2) is 9.84 Å².